The van der Waals surface area contributed by atoms with E-state index in [0.717, 1.165) is 24.7 Å². The van der Waals surface area contributed by atoms with Crippen LogP contribution in [-0.4, -0.2) is 29.0 Å². The average Bonchev–Trinajstić information content (AvgIpc) is 2.88. The van der Waals surface area contributed by atoms with Crippen molar-refractivity contribution < 1.29 is 14.9 Å². The van der Waals surface area contributed by atoms with Crippen LogP contribution in [0.15, 0.2) is 24.0 Å². The summed E-state index contributed by atoms with van der Waals surface area (Å²) in [5.41, 5.74) is 2.07. The Hall–Kier alpha value is -0.800. The first-order chi connectivity index (χ1) is 11.8. The smallest absolute Gasteiger partial charge is 0.111 e. The monoisotopic (exact) mass is 346 g/mol. The Labute approximate surface area is 152 Å². The van der Waals surface area contributed by atoms with Gasteiger partial charge in [0, 0.05) is 0 Å². The van der Waals surface area contributed by atoms with Crippen LogP contribution < -0.4 is 0 Å². The molecule has 7 atom stereocenters. The van der Waals surface area contributed by atoms with Crippen molar-refractivity contribution in [3.63, 3.8) is 0 Å². The van der Waals surface area contributed by atoms with Crippen molar-refractivity contribution in [1.29, 1.82) is 0 Å². The molecule has 3 nitrogen and oxygen atoms in total. The third-order valence-corrected chi connectivity index (χ3v) is 8.49. The standard InChI is InChI=1S/C22H34O3/c1-14(23)13-25-16-8-10-21(2)15(12-16)4-5-17-18-6-7-20(24)22(18,3)11-9-19(17)21/h12,16-20,23-24H,1,4-11,13H2,2-3H3/t16-,17?,18?,19?,20?,21?,22?/m1/s1. The van der Waals surface area contributed by atoms with Crippen molar-refractivity contribution in [2.24, 2.45) is 28.6 Å². The zero-order valence-corrected chi connectivity index (χ0v) is 15.8. The fourth-order valence-electron chi connectivity index (χ4n) is 7.00. The summed E-state index contributed by atoms with van der Waals surface area (Å²) in [6.45, 7) is 8.61. The highest BCUT2D eigenvalue weighted by molar-refractivity contribution is 5.25. The van der Waals surface area contributed by atoms with Crippen LogP contribution in [0, 0.1) is 28.6 Å². The number of hydrogen-bond acceptors (Lipinski definition) is 3. The molecule has 140 valence electrons. The van der Waals surface area contributed by atoms with Gasteiger partial charge in [0.25, 0.3) is 0 Å². The van der Waals surface area contributed by atoms with Gasteiger partial charge in [-0.25, -0.2) is 0 Å². The molecule has 0 bridgehead atoms. The predicted octanol–water partition coefficient (Wildman–Crippen LogP) is 4.77. The van der Waals surface area contributed by atoms with E-state index in [0.29, 0.717) is 11.3 Å². The molecule has 0 spiro atoms. The van der Waals surface area contributed by atoms with Crippen LogP contribution in [0.2, 0.25) is 0 Å². The summed E-state index contributed by atoms with van der Waals surface area (Å²) in [6.07, 6.45) is 11.8. The van der Waals surface area contributed by atoms with Crippen LogP contribution in [0.3, 0.4) is 0 Å². The third-order valence-electron chi connectivity index (χ3n) is 8.49. The molecule has 0 aromatic heterocycles. The Kier molecular flexibility index (Phi) is 4.31. The highest BCUT2D eigenvalue weighted by Gasteiger charge is 2.58. The lowest BCUT2D eigenvalue weighted by molar-refractivity contribution is -0.0778. The molecule has 0 aromatic carbocycles. The zero-order valence-electron chi connectivity index (χ0n) is 15.8. The summed E-state index contributed by atoms with van der Waals surface area (Å²) in [4.78, 5) is 0. The van der Waals surface area contributed by atoms with Crippen LogP contribution >= 0.6 is 0 Å². The molecular formula is C22H34O3. The van der Waals surface area contributed by atoms with E-state index in [9.17, 15) is 10.2 Å². The number of aliphatic hydroxyl groups excluding tert-OH is 2. The van der Waals surface area contributed by atoms with E-state index in [1.54, 1.807) is 5.57 Å². The first kappa shape index (κ1) is 17.6. The number of fused-ring (bicyclic) bond motifs is 5. The summed E-state index contributed by atoms with van der Waals surface area (Å²) < 4.78 is 5.81. The molecular weight excluding hydrogens is 312 g/mol. The van der Waals surface area contributed by atoms with E-state index in [4.69, 9.17) is 4.74 Å². The number of hydrogen-bond donors (Lipinski definition) is 2. The number of aliphatic hydroxyl groups is 2. The van der Waals surface area contributed by atoms with Crippen molar-refractivity contribution >= 4 is 0 Å². The SMILES string of the molecule is C=C(O)CO[C@H]1C=C2CCC3C(CCC4(C)C(O)CCC34)C2(C)CC1. The summed E-state index contributed by atoms with van der Waals surface area (Å²) in [6, 6.07) is 0. The van der Waals surface area contributed by atoms with Gasteiger partial charge in [-0.15, -0.1) is 0 Å². The number of allylic oxidation sites excluding steroid dienone is 1. The van der Waals surface area contributed by atoms with Gasteiger partial charge in [-0.3, -0.25) is 0 Å². The van der Waals surface area contributed by atoms with E-state index in [1.165, 1.54) is 38.5 Å². The molecule has 4 aliphatic carbocycles. The fraction of sp³-hybridized carbons (Fsp3) is 0.818. The quantitative estimate of drug-likeness (QED) is 0.572. The Balaban J connectivity index is 1.55. The number of ether oxygens (including phenoxy) is 1. The molecule has 0 saturated heterocycles. The summed E-state index contributed by atoms with van der Waals surface area (Å²) in [5, 5.41) is 19.8. The molecule has 0 amide bonds. The van der Waals surface area contributed by atoms with Gasteiger partial charge >= 0.3 is 0 Å². The Morgan fingerprint density at radius 2 is 1.96 bits per heavy atom. The lowest BCUT2D eigenvalue weighted by atomic mass is 9.47. The third kappa shape index (κ3) is 2.70. The molecule has 0 radical (unpaired) electrons. The van der Waals surface area contributed by atoms with Crippen molar-refractivity contribution in [2.75, 3.05) is 6.61 Å². The summed E-state index contributed by atoms with van der Waals surface area (Å²) in [5.74, 6) is 2.38. The highest BCUT2D eigenvalue weighted by Crippen LogP contribution is 2.65. The largest absolute Gasteiger partial charge is 0.510 e. The molecule has 3 saturated carbocycles. The summed E-state index contributed by atoms with van der Waals surface area (Å²) >= 11 is 0. The van der Waals surface area contributed by atoms with Gasteiger partial charge < -0.3 is 14.9 Å². The predicted molar refractivity (Wildman–Crippen MR) is 99.2 cm³/mol. The zero-order chi connectivity index (χ0) is 17.8. The normalized spacial score (nSPS) is 48.9. The Bertz CT molecular complexity index is 582. The second kappa shape index (κ2) is 6.13. The molecule has 6 unspecified atom stereocenters. The molecule has 25 heavy (non-hydrogen) atoms. The fourth-order valence-corrected chi connectivity index (χ4v) is 7.00. The molecule has 0 aliphatic heterocycles. The van der Waals surface area contributed by atoms with E-state index in [2.05, 4.69) is 26.5 Å². The molecule has 4 rings (SSSR count). The van der Waals surface area contributed by atoms with Gasteiger partial charge in [-0.05, 0) is 80.0 Å². The lowest BCUT2D eigenvalue weighted by Gasteiger charge is -2.58. The van der Waals surface area contributed by atoms with Gasteiger partial charge in [0.15, 0.2) is 0 Å². The molecule has 3 heteroatoms. The molecule has 0 heterocycles. The first-order valence-electron chi connectivity index (χ1n) is 10.2. The minimum absolute atomic E-state index is 0.0843. The van der Waals surface area contributed by atoms with E-state index in [-0.39, 0.29) is 30.0 Å². The molecule has 2 N–H and O–H groups in total. The van der Waals surface area contributed by atoms with Crippen LogP contribution in [0.5, 0.6) is 0 Å². The van der Waals surface area contributed by atoms with Gasteiger partial charge in [0.1, 0.15) is 12.4 Å². The minimum atomic E-state index is -0.0843. The second-order valence-electron chi connectivity index (χ2n) is 9.62. The second-order valence-corrected chi connectivity index (χ2v) is 9.62. The topological polar surface area (TPSA) is 49.7 Å². The first-order valence-corrected chi connectivity index (χ1v) is 10.2. The highest BCUT2D eigenvalue weighted by atomic mass is 16.5. The molecule has 0 aromatic rings. The Morgan fingerprint density at radius 3 is 2.72 bits per heavy atom. The minimum Gasteiger partial charge on any atom is -0.510 e. The van der Waals surface area contributed by atoms with Crippen molar-refractivity contribution in [3.05, 3.63) is 24.0 Å². The van der Waals surface area contributed by atoms with Crippen molar-refractivity contribution in [3.8, 4) is 0 Å². The lowest BCUT2D eigenvalue weighted by Crippen LogP contribution is -2.51. The van der Waals surface area contributed by atoms with Crippen molar-refractivity contribution in [2.45, 2.75) is 77.4 Å². The van der Waals surface area contributed by atoms with E-state index < -0.39 is 0 Å². The van der Waals surface area contributed by atoms with Gasteiger partial charge in [0.2, 0.25) is 0 Å². The van der Waals surface area contributed by atoms with E-state index in [1.807, 2.05) is 0 Å². The van der Waals surface area contributed by atoms with Crippen LogP contribution in [0.4, 0.5) is 0 Å². The average molecular weight is 347 g/mol. The van der Waals surface area contributed by atoms with Crippen LogP contribution in [-0.2, 0) is 4.74 Å². The Morgan fingerprint density at radius 1 is 1.16 bits per heavy atom. The van der Waals surface area contributed by atoms with Crippen LogP contribution in [0.25, 0.3) is 0 Å². The van der Waals surface area contributed by atoms with Gasteiger partial charge in [-0.2, -0.15) is 0 Å². The van der Waals surface area contributed by atoms with Crippen molar-refractivity contribution in [1.82, 2.24) is 0 Å². The molecule has 4 aliphatic rings. The number of rotatable bonds is 3. The van der Waals surface area contributed by atoms with E-state index >= 15 is 0 Å². The maximum absolute atomic E-state index is 10.6. The molecule has 3 fully saturated rings. The van der Waals surface area contributed by atoms with Gasteiger partial charge in [-0.1, -0.05) is 32.1 Å². The van der Waals surface area contributed by atoms with Gasteiger partial charge in [0.05, 0.1) is 12.2 Å². The summed E-state index contributed by atoms with van der Waals surface area (Å²) in [7, 11) is 0. The maximum Gasteiger partial charge on any atom is 0.111 e. The maximum atomic E-state index is 10.6. The van der Waals surface area contributed by atoms with Crippen LogP contribution in [0.1, 0.15) is 65.2 Å².